The van der Waals surface area contributed by atoms with Crippen molar-refractivity contribution in [2.75, 3.05) is 12.3 Å². The molecule has 0 radical (unpaired) electrons. The van der Waals surface area contributed by atoms with E-state index in [1.165, 1.54) is 0 Å². The quantitative estimate of drug-likeness (QED) is 0.570. The normalized spacial score (nSPS) is 14.5. The minimum absolute atomic E-state index is 0.140. The Morgan fingerprint density at radius 3 is 2.83 bits per heavy atom. The SMILES string of the molecule is CC.CCC(=O)CSc1c(C(S)C2=CC=CCN=C2)ncn1CC. The number of imidazole rings is 1. The van der Waals surface area contributed by atoms with E-state index in [2.05, 4.69) is 21.5 Å². The minimum Gasteiger partial charge on any atom is -0.326 e. The molecule has 0 bridgehead atoms. The van der Waals surface area contributed by atoms with Crippen LogP contribution in [0.5, 0.6) is 0 Å². The Kier molecular flexibility index (Phi) is 9.79. The molecule has 1 unspecified atom stereocenters. The van der Waals surface area contributed by atoms with Gasteiger partial charge in [-0.15, -0.1) is 0 Å². The number of aliphatic imine (C=N–C) groups is 1. The molecule has 0 spiro atoms. The molecule has 4 nitrogen and oxygen atoms in total. The van der Waals surface area contributed by atoms with E-state index in [0.29, 0.717) is 18.7 Å². The number of hydrogen-bond acceptors (Lipinski definition) is 5. The lowest BCUT2D eigenvalue weighted by molar-refractivity contribution is -0.116. The molecule has 1 aliphatic rings. The second-order valence-corrected chi connectivity index (χ2v) is 6.37. The molecular formula is C18H27N3OS2. The van der Waals surface area contributed by atoms with Crippen LogP contribution >= 0.6 is 24.4 Å². The maximum absolute atomic E-state index is 11.6. The maximum atomic E-state index is 11.6. The smallest absolute Gasteiger partial charge is 0.142 e. The monoisotopic (exact) mass is 365 g/mol. The zero-order valence-electron chi connectivity index (χ0n) is 14.9. The minimum atomic E-state index is -0.140. The summed E-state index contributed by atoms with van der Waals surface area (Å²) in [6.45, 7) is 9.47. The van der Waals surface area contributed by atoms with Crippen molar-refractivity contribution in [3.63, 3.8) is 0 Å². The Bertz CT molecular complexity index is 618. The van der Waals surface area contributed by atoms with Crippen LogP contribution in [0.15, 0.2) is 40.1 Å². The van der Waals surface area contributed by atoms with E-state index in [9.17, 15) is 4.79 Å². The molecular weight excluding hydrogens is 338 g/mol. The van der Waals surface area contributed by atoms with E-state index in [-0.39, 0.29) is 11.0 Å². The van der Waals surface area contributed by atoms with Crippen molar-refractivity contribution in [1.82, 2.24) is 9.55 Å². The van der Waals surface area contributed by atoms with Gasteiger partial charge in [0, 0.05) is 19.2 Å². The first kappa shape index (κ1) is 20.8. The van der Waals surface area contributed by atoms with Crippen molar-refractivity contribution < 1.29 is 4.79 Å². The summed E-state index contributed by atoms with van der Waals surface area (Å²) in [5.41, 5.74) is 1.91. The molecule has 0 saturated heterocycles. The first-order chi connectivity index (χ1) is 11.7. The summed E-state index contributed by atoms with van der Waals surface area (Å²) in [6.07, 6.45) is 10.3. The van der Waals surface area contributed by atoms with Crippen molar-refractivity contribution in [1.29, 1.82) is 0 Å². The maximum Gasteiger partial charge on any atom is 0.142 e. The van der Waals surface area contributed by atoms with Crippen molar-refractivity contribution in [3.8, 4) is 0 Å². The van der Waals surface area contributed by atoms with E-state index in [0.717, 1.165) is 22.8 Å². The van der Waals surface area contributed by atoms with Crippen LogP contribution in [0.4, 0.5) is 0 Å². The predicted octanol–water partition coefficient (Wildman–Crippen LogP) is 4.54. The molecule has 0 fully saturated rings. The number of aryl methyl sites for hydroxylation is 1. The number of allylic oxidation sites excluding steroid dienone is 2. The van der Waals surface area contributed by atoms with Gasteiger partial charge in [-0.25, -0.2) is 4.98 Å². The lowest BCUT2D eigenvalue weighted by Crippen LogP contribution is -2.05. The average Bonchev–Trinajstić information content (AvgIpc) is 2.84. The topological polar surface area (TPSA) is 47.2 Å². The highest BCUT2D eigenvalue weighted by Crippen LogP contribution is 2.34. The van der Waals surface area contributed by atoms with Crippen molar-refractivity contribution in [3.05, 3.63) is 35.8 Å². The number of thiol groups is 1. The number of rotatable bonds is 7. The summed E-state index contributed by atoms with van der Waals surface area (Å²) in [6, 6.07) is 0. The summed E-state index contributed by atoms with van der Waals surface area (Å²) in [7, 11) is 0. The van der Waals surface area contributed by atoms with Crippen LogP contribution < -0.4 is 0 Å². The van der Waals surface area contributed by atoms with Gasteiger partial charge in [0.2, 0.25) is 0 Å². The van der Waals surface area contributed by atoms with Crippen LogP contribution in [-0.4, -0.2) is 33.8 Å². The van der Waals surface area contributed by atoms with Gasteiger partial charge in [0.15, 0.2) is 0 Å². The number of hydrogen-bond donors (Lipinski definition) is 1. The zero-order chi connectivity index (χ0) is 17.9. The van der Waals surface area contributed by atoms with Crippen LogP contribution in [0.3, 0.4) is 0 Å². The molecule has 6 heteroatoms. The number of ketones is 1. The fraction of sp³-hybridized carbons (Fsp3) is 0.500. The lowest BCUT2D eigenvalue weighted by Gasteiger charge is -2.13. The largest absolute Gasteiger partial charge is 0.326 e. The van der Waals surface area contributed by atoms with Gasteiger partial charge in [0.1, 0.15) is 5.78 Å². The predicted molar refractivity (Wildman–Crippen MR) is 108 cm³/mol. The Morgan fingerprint density at radius 2 is 2.17 bits per heavy atom. The van der Waals surface area contributed by atoms with Gasteiger partial charge in [-0.3, -0.25) is 9.79 Å². The molecule has 0 saturated carbocycles. The lowest BCUT2D eigenvalue weighted by atomic mass is 10.1. The van der Waals surface area contributed by atoms with Gasteiger partial charge in [0.05, 0.1) is 34.6 Å². The van der Waals surface area contributed by atoms with E-state index >= 15 is 0 Å². The van der Waals surface area contributed by atoms with Gasteiger partial charge in [-0.2, -0.15) is 12.6 Å². The number of carbonyl (C=O) groups excluding carboxylic acids is 1. The van der Waals surface area contributed by atoms with Crippen LogP contribution in [-0.2, 0) is 11.3 Å². The van der Waals surface area contributed by atoms with Gasteiger partial charge >= 0.3 is 0 Å². The molecule has 1 aromatic rings. The van der Waals surface area contributed by atoms with Crippen molar-refractivity contribution >= 4 is 36.4 Å². The molecule has 0 amide bonds. The highest BCUT2D eigenvalue weighted by molar-refractivity contribution is 8.00. The van der Waals surface area contributed by atoms with Crippen LogP contribution in [0.1, 0.15) is 45.1 Å². The summed E-state index contributed by atoms with van der Waals surface area (Å²) >= 11 is 6.28. The first-order valence-electron chi connectivity index (χ1n) is 8.41. The number of aromatic nitrogens is 2. The van der Waals surface area contributed by atoms with Crippen LogP contribution in [0, 0.1) is 0 Å². The van der Waals surface area contributed by atoms with Gasteiger partial charge in [-0.1, -0.05) is 50.8 Å². The summed E-state index contributed by atoms with van der Waals surface area (Å²) in [5, 5.41) is 0.880. The molecule has 132 valence electrons. The number of Topliss-reactive ketones (excluding diaryl/α,β-unsaturated/α-hetero) is 1. The Hall–Kier alpha value is -1.27. The molecule has 0 N–H and O–H groups in total. The summed E-state index contributed by atoms with van der Waals surface area (Å²) in [5.74, 6) is 0.719. The first-order valence-corrected chi connectivity index (χ1v) is 9.91. The second-order valence-electron chi connectivity index (χ2n) is 4.89. The Balaban J connectivity index is 0.00000139. The zero-order valence-corrected chi connectivity index (χ0v) is 16.6. The van der Waals surface area contributed by atoms with Gasteiger partial charge in [-0.05, 0) is 12.5 Å². The van der Waals surface area contributed by atoms with E-state index in [1.54, 1.807) is 11.8 Å². The van der Waals surface area contributed by atoms with Crippen molar-refractivity contribution in [2.45, 2.75) is 50.9 Å². The van der Waals surface area contributed by atoms with E-state index in [4.69, 9.17) is 12.6 Å². The van der Waals surface area contributed by atoms with Gasteiger partial charge in [0.25, 0.3) is 0 Å². The second kappa shape index (κ2) is 11.3. The number of thioether (sulfide) groups is 1. The molecule has 1 atom stereocenters. The molecule has 2 heterocycles. The highest BCUT2D eigenvalue weighted by atomic mass is 32.2. The summed E-state index contributed by atoms with van der Waals surface area (Å²) in [4.78, 5) is 20.5. The van der Waals surface area contributed by atoms with Crippen LogP contribution in [0.2, 0.25) is 0 Å². The van der Waals surface area contributed by atoms with E-state index < -0.39 is 0 Å². The van der Waals surface area contributed by atoms with Crippen LogP contribution in [0.25, 0.3) is 0 Å². The fourth-order valence-corrected chi connectivity index (χ4v) is 3.62. The highest BCUT2D eigenvalue weighted by Gasteiger charge is 2.21. The fourth-order valence-electron chi connectivity index (χ4n) is 2.03. The van der Waals surface area contributed by atoms with Crippen molar-refractivity contribution in [2.24, 2.45) is 4.99 Å². The summed E-state index contributed by atoms with van der Waals surface area (Å²) < 4.78 is 2.07. The third-order valence-corrected chi connectivity index (χ3v) is 5.10. The van der Waals surface area contributed by atoms with Gasteiger partial charge < -0.3 is 4.57 Å². The molecule has 2 rings (SSSR count). The molecule has 0 aromatic carbocycles. The number of carbonyl (C=O) groups is 1. The number of nitrogens with zero attached hydrogens (tertiary/aromatic N) is 3. The van der Waals surface area contributed by atoms with E-state index in [1.807, 2.05) is 51.5 Å². The standard InChI is InChI=1S/C16H21N3OS2.C2H6/c1-3-13(20)10-22-16-14(18-11-19(16)4-2)15(21)12-7-5-6-8-17-9-12;1-2/h5-7,9,11,15,21H,3-4,8,10H2,1-2H3;1-2H3. The average molecular weight is 366 g/mol. The third kappa shape index (κ3) is 5.67. The Labute approximate surface area is 155 Å². The molecule has 24 heavy (non-hydrogen) atoms. The molecule has 1 aromatic heterocycles. The third-order valence-electron chi connectivity index (χ3n) is 3.37. The Morgan fingerprint density at radius 1 is 1.42 bits per heavy atom. The molecule has 1 aliphatic heterocycles. The molecule has 0 aliphatic carbocycles.